The fourth-order valence-corrected chi connectivity index (χ4v) is 1.80. The van der Waals surface area contributed by atoms with E-state index in [4.69, 9.17) is 10.5 Å². The van der Waals surface area contributed by atoms with Crippen LogP contribution in [-0.2, 0) is 6.42 Å². The zero-order valence-corrected chi connectivity index (χ0v) is 10.2. The summed E-state index contributed by atoms with van der Waals surface area (Å²) in [5.74, 6) is 0.876. The number of hydrogen-bond acceptors (Lipinski definition) is 2. The van der Waals surface area contributed by atoms with Crippen molar-refractivity contribution in [1.82, 2.24) is 0 Å². The lowest BCUT2D eigenvalue weighted by molar-refractivity contribution is 0.414. The minimum atomic E-state index is 0.254. The van der Waals surface area contributed by atoms with Crippen molar-refractivity contribution >= 4 is 15.9 Å². The van der Waals surface area contributed by atoms with Gasteiger partial charge in [-0.1, -0.05) is 22.0 Å². The highest BCUT2D eigenvalue weighted by atomic mass is 79.9. The van der Waals surface area contributed by atoms with Gasteiger partial charge in [-0.05, 0) is 37.5 Å². The van der Waals surface area contributed by atoms with Crippen LogP contribution in [0.3, 0.4) is 0 Å². The molecule has 0 amide bonds. The SMILES string of the molecule is COc1ccc(CC[C@@H](C)N)c(Br)c1. The van der Waals surface area contributed by atoms with E-state index in [0.717, 1.165) is 23.1 Å². The Morgan fingerprint density at radius 1 is 1.50 bits per heavy atom. The average molecular weight is 258 g/mol. The fourth-order valence-electron chi connectivity index (χ4n) is 1.24. The molecule has 14 heavy (non-hydrogen) atoms. The minimum Gasteiger partial charge on any atom is -0.497 e. The van der Waals surface area contributed by atoms with Gasteiger partial charge >= 0.3 is 0 Å². The molecule has 0 spiro atoms. The van der Waals surface area contributed by atoms with Gasteiger partial charge in [-0.2, -0.15) is 0 Å². The number of benzene rings is 1. The molecule has 0 unspecified atom stereocenters. The van der Waals surface area contributed by atoms with Crippen LogP contribution in [0.2, 0.25) is 0 Å². The normalized spacial score (nSPS) is 12.6. The Morgan fingerprint density at radius 2 is 2.21 bits per heavy atom. The van der Waals surface area contributed by atoms with Gasteiger partial charge in [0, 0.05) is 10.5 Å². The van der Waals surface area contributed by atoms with Crippen molar-refractivity contribution in [1.29, 1.82) is 0 Å². The number of halogens is 1. The molecule has 3 heteroatoms. The topological polar surface area (TPSA) is 35.2 Å². The van der Waals surface area contributed by atoms with Gasteiger partial charge in [-0.15, -0.1) is 0 Å². The van der Waals surface area contributed by atoms with Crippen LogP contribution < -0.4 is 10.5 Å². The summed E-state index contributed by atoms with van der Waals surface area (Å²) >= 11 is 3.52. The summed E-state index contributed by atoms with van der Waals surface area (Å²) in [5, 5.41) is 0. The summed E-state index contributed by atoms with van der Waals surface area (Å²) < 4.78 is 6.22. The molecule has 0 bridgehead atoms. The Hall–Kier alpha value is -0.540. The van der Waals surface area contributed by atoms with Crippen molar-refractivity contribution in [2.75, 3.05) is 7.11 Å². The van der Waals surface area contributed by atoms with Crippen molar-refractivity contribution in [3.8, 4) is 5.75 Å². The van der Waals surface area contributed by atoms with Crippen molar-refractivity contribution < 1.29 is 4.74 Å². The molecule has 1 rings (SSSR count). The highest BCUT2D eigenvalue weighted by molar-refractivity contribution is 9.10. The van der Waals surface area contributed by atoms with Crippen LogP contribution >= 0.6 is 15.9 Å². The lowest BCUT2D eigenvalue weighted by atomic mass is 10.1. The quantitative estimate of drug-likeness (QED) is 0.901. The van der Waals surface area contributed by atoms with Crippen LogP contribution in [0.5, 0.6) is 5.75 Å². The second-order valence-corrected chi connectivity index (χ2v) is 4.33. The molecule has 0 fully saturated rings. The van der Waals surface area contributed by atoms with Crippen LogP contribution in [0.4, 0.5) is 0 Å². The van der Waals surface area contributed by atoms with E-state index in [-0.39, 0.29) is 6.04 Å². The van der Waals surface area contributed by atoms with Crippen LogP contribution in [0.1, 0.15) is 18.9 Å². The predicted molar refractivity (Wildman–Crippen MR) is 62.7 cm³/mol. The van der Waals surface area contributed by atoms with Gasteiger partial charge in [0.05, 0.1) is 7.11 Å². The highest BCUT2D eigenvalue weighted by Crippen LogP contribution is 2.24. The number of hydrogen-bond donors (Lipinski definition) is 1. The van der Waals surface area contributed by atoms with E-state index in [0.29, 0.717) is 0 Å². The molecule has 0 aromatic heterocycles. The Labute approximate surface area is 93.6 Å². The Kier molecular flexibility index (Phi) is 4.42. The van der Waals surface area contributed by atoms with Crippen molar-refractivity contribution in [3.05, 3.63) is 28.2 Å². The number of methoxy groups -OCH3 is 1. The summed E-state index contributed by atoms with van der Waals surface area (Å²) in [4.78, 5) is 0. The molecule has 1 atom stereocenters. The molecular weight excluding hydrogens is 242 g/mol. The van der Waals surface area contributed by atoms with E-state index in [1.807, 2.05) is 19.1 Å². The predicted octanol–water partition coefficient (Wildman–Crippen LogP) is 2.74. The van der Waals surface area contributed by atoms with E-state index in [2.05, 4.69) is 22.0 Å². The van der Waals surface area contributed by atoms with Gasteiger partial charge in [0.25, 0.3) is 0 Å². The Balaban J connectivity index is 2.69. The first-order chi connectivity index (χ1) is 6.63. The van der Waals surface area contributed by atoms with Crippen LogP contribution in [-0.4, -0.2) is 13.2 Å². The molecule has 1 aromatic carbocycles. The smallest absolute Gasteiger partial charge is 0.120 e. The summed E-state index contributed by atoms with van der Waals surface area (Å²) in [6, 6.07) is 6.28. The van der Waals surface area contributed by atoms with Crippen LogP contribution in [0, 0.1) is 0 Å². The van der Waals surface area contributed by atoms with Gasteiger partial charge in [0.15, 0.2) is 0 Å². The number of ether oxygens (including phenoxy) is 1. The summed E-state index contributed by atoms with van der Waals surface area (Å²) in [7, 11) is 1.67. The molecule has 2 nitrogen and oxygen atoms in total. The van der Waals surface area contributed by atoms with E-state index in [9.17, 15) is 0 Å². The van der Waals surface area contributed by atoms with Gasteiger partial charge in [-0.3, -0.25) is 0 Å². The van der Waals surface area contributed by atoms with Crippen LogP contribution in [0.25, 0.3) is 0 Å². The van der Waals surface area contributed by atoms with E-state index in [1.165, 1.54) is 5.56 Å². The van der Waals surface area contributed by atoms with E-state index >= 15 is 0 Å². The lowest BCUT2D eigenvalue weighted by Gasteiger charge is -2.08. The Bertz CT molecular complexity index is 299. The molecule has 1 aromatic rings. The second kappa shape index (κ2) is 5.37. The summed E-state index contributed by atoms with van der Waals surface area (Å²) in [6.07, 6.45) is 2.01. The molecule has 78 valence electrons. The van der Waals surface area contributed by atoms with Crippen molar-refractivity contribution in [3.63, 3.8) is 0 Å². The average Bonchev–Trinajstić information content (AvgIpc) is 2.15. The number of rotatable bonds is 4. The second-order valence-electron chi connectivity index (χ2n) is 3.47. The van der Waals surface area contributed by atoms with E-state index < -0.39 is 0 Å². The first kappa shape index (κ1) is 11.5. The van der Waals surface area contributed by atoms with Crippen LogP contribution in [0.15, 0.2) is 22.7 Å². The zero-order chi connectivity index (χ0) is 10.6. The van der Waals surface area contributed by atoms with Crippen molar-refractivity contribution in [2.24, 2.45) is 5.73 Å². The highest BCUT2D eigenvalue weighted by Gasteiger charge is 2.03. The monoisotopic (exact) mass is 257 g/mol. The molecule has 0 aliphatic heterocycles. The first-order valence-corrected chi connectivity index (χ1v) is 5.50. The van der Waals surface area contributed by atoms with Crippen molar-refractivity contribution in [2.45, 2.75) is 25.8 Å². The molecule has 0 heterocycles. The molecule has 0 radical (unpaired) electrons. The molecule has 0 saturated carbocycles. The Morgan fingerprint density at radius 3 is 2.71 bits per heavy atom. The minimum absolute atomic E-state index is 0.254. The van der Waals surface area contributed by atoms with Gasteiger partial charge in [0.1, 0.15) is 5.75 Å². The molecule has 2 N–H and O–H groups in total. The van der Waals surface area contributed by atoms with Gasteiger partial charge in [0.2, 0.25) is 0 Å². The van der Waals surface area contributed by atoms with E-state index in [1.54, 1.807) is 7.11 Å². The summed E-state index contributed by atoms with van der Waals surface area (Å²) in [5.41, 5.74) is 6.99. The molecule has 0 aliphatic carbocycles. The third-order valence-corrected chi connectivity index (χ3v) is 2.87. The zero-order valence-electron chi connectivity index (χ0n) is 8.59. The maximum absolute atomic E-state index is 5.71. The largest absolute Gasteiger partial charge is 0.497 e. The maximum atomic E-state index is 5.71. The number of aryl methyl sites for hydroxylation is 1. The standard InChI is InChI=1S/C11H16BrNO/c1-8(13)3-4-9-5-6-10(14-2)7-11(9)12/h5-8H,3-4,13H2,1-2H3/t8-/m1/s1. The van der Waals surface area contributed by atoms with Gasteiger partial charge < -0.3 is 10.5 Å². The third kappa shape index (κ3) is 3.31. The fraction of sp³-hybridized carbons (Fsp3) is 0.455. The molecule has 0 saturated heterocycles. The van der Waals surface area contributed by atoms with Gasteiger partial charge in [-0.25, -0.2) is 0 Å². The molecular formula is C11H16BrNO. The third-order valence-electron chi connectivity index (χ3n) is 2.13. The number of nitrogens with two attached hydrogens (primary N) is 1. The lowest BCUT2D eigenvalue weighted by Crippen LogP contribution is -2.15. The maximum Gasteiger partial charge on any atom is 0.120 e. The summed E-state index contributed by atoms with van der Waals surface area (Å²) in [6.45, 7) is 2.03. The molecule has 0 aliphatic rings. The first-order valence-electron chi connectivity index (χ1n) is 4.71.